The summed E-state index contributed by atoms with van der Waals surface area (Å²) in [6.45, 7) is 0. The Morgan fingerprint density at radius 3 is 1.92 bits per heavy atom. The monoisotopic (exact) mass is 794 g/mol. The summed E-state index contributed by atoms with van der Waals surface area (Å²) < 4.78 is 9.07. The molecule has 2 aromatic heterocycles. The zero-order valence-electron chi connectivity index (χ0n) is 33.6. The molecule has 1 atom stereocenters. The zero-order valence-corrected chi connectivity index (χ0v) is 33.6. The van der Waals surface area contributed by atoms with Crippen LogP contribution in [0.3, 0.4) is 0 Å². The molecule has 1 aliphatic heterocycles. The van der Waals surface area contributed by atoms with Gasteiger partial charge in [-0.3, -0.25) is 0 Å². The molecule has 5 heteroatoms. The van der Waals surface area contributed by atoms with Crippen LogP contribution in [0, 0.1) is 0 Å². The van der Waals surface area contributed by atoms with Crippen LogP contribution >= 0.6 is 0 Å². The Labute approximate surface area is 358 Å². The fourth-order valence-electron chi connectivity index (χ4n) is 9.17. The van der Waals surface area contributed by atoms with Crippen molar-refractivity contribution in [1.82, 2.24) is 9.88 Å². The van der Waals surface area contributed by atoms with Gasteiger partial charge in [-0.25, -0.2) is 9.98 Å². The maximum Gasteiger partial charge on any atom is 0.159 e. The largest absolute Gasteiger partial charge is 0.456 e. The lowest BCUT2D eigenvalue weighted by molar-refractivity contribution is 0.667. The smallest absolute Gasteiger partial charge is 0.159 e. The Morgan fingerprint density at radius 2 is 1.08 bits per heavy atom. The number of nitrogens with one attached hydrogen (secondary N) is 1. The van der Waals surface area contributed by atoms with Crippen molar-refractivity contribution in [3.63, 3.8) is 0 Å². The molecule has 11 aromatic rings. The van der Waals surface area contributed by atoms with Gasteiger partial charge in [0.15, 0.2) is 5.84 Å². The van der Waals surface area contributed by atoms with Gasteiger partial charge < -0.3 is 14.3 Å². The van der Waals surface area contributed by atoms with E-state index in [0.29, 0.717) is 5.84 Å². The third-order valence-corrected chi connectivity index (χ3v) is 12.1. The van der Waals surface area contributed by atoms with E-state index in [4.69, 9.17) is 14.4 Å². The Bertz CT molecular complexity index is 3550. The first-order valence-electron chi connectivity index (χ1n) is 21.0. The van der Waals surface area contributed by atoms with Crippen molar-refractivity contribution in [2.45, 2.75) is 6.17 Å². The molecule has 0 aliphatic carbocycles. The maximum atomic E-state index is 6.71. The SMILES string of the molecule is c1ccc(C2=NC(c3ccc4c(c3)oc3cccc(-c5ccccc5-c5ccc6c(c5)c5ccccc5n6-c5ccccc5)c34)=NC(c3cccc(-c4ccccc4)c3)N2)cc1. The molecule has 0 saturated carbocycles. The third kappa shape index (κ3) is 6.10. The van der Waals surface area contributed by atoms with E-state index in [2.05, 4.69) is 204 Å². The van der Waals surface area contributed by atoms with Crippen LogP contribution in [-0.4, -0.2) is 16.2 Å². The van der Waals surface area contributed by atoms with Crippen LogP contribution < -0.4 is 5.32 Å². The van der Waals surface area contributed by atoms with E-state index in [9.17, 15) is 0 Å². The van der Waals surface area contributed by atoms with Crippen LogP contribution in [0.2, 0.25) is 0 Å². The zero-order chi connectivity index (χ0) is 41.0. The van der Waals surface area contributed by atoms with Crippen LogP contribution in [0.25, 0.3) is 82.8 Å². The Morgan fingerprint density at radius 1 is 0.419 bits per heavy atom. The van der Waals surface area contributed by atoms with Crippen molar-refractivity contribution in [3.05, 3.63) is 235 Å². The molecule has 3 heterocycles. The summed E-state index contributed by atoms with van der Waals surface area (Å²) in [5.41, 5.74) is 15.0. The van der Waals surface area contributed by atoms with Gasteiger partial charge in [0, 0.05) is 38.4 Å². The number of hydrogen-bond acceptors (Lipinski definition) is 4. The standard InChI is InChI=1S/C57H38N4O/c1-4-16-37(17-5-1)39-20-14-21-41(34-39)56-58-55(38-18-6-2-7-19-38)59-57(60-56)42-30-32-48-53(36-42)62-52-29-15-27-47(54(48)52)45-25-11-10-24-44(45)40-31-33-51-49(35-40)46-26-12-13-28-50(46)61(51)43-22-8-3-9-23-43/h1-36,56H,(H,58,59,60). The summed E-state index contributed by atoms with van der Waals surface area (Å²) in [6.07, 6.45) is -0.343. The molecule has 62 heavy (non-hydrogen) atoms. The Kier molecular flexibility index (Phi) is 8.49. The normalized spacial score (nSPS) is 14.0. The fraction of sp³-hybridized carbons (Fsp3) is 0.0175. The summed E-state index contributed by atoms with van der Waals surface area (Å²) in [5.74, 6) is 1.42. The molecule has 292 valence electrons. The molecule has 1 unspecified atom stereocenters. The van der Waals surface area contributed by atoms with Crippen LogP contribution in [0.15, 0.2) is 233 Å². The predicted molar refractivity (Wildman–Crippen MR) is 256 cm³/mol. The second-order valence-electron chi connectivity index (χ2n) is 15.8. The molecule has 9 aromatic carbocycles. The highest BCUT2D eigenvalue weighted by molar-refractivity contribution is 6.18. The predicted octanol–water partition coefficient (Wildman–Crippen LogP) is 14.2. The molecule has 0 radical (unpaired) electrons. The number of furan rings is 1. The summed E-state index contributed by atoms with van der Waals surface area (Å²) >= 11 is 0. The summed E-state index contributed by atoms with van der Waals surface area (Å²) in [5, 5.41) is 8.22. The average molecular weight is 795 g/mol. The molecule has 12 rings (SSSR count). The molecular formula is C57H38N4O. The van der Waals surface area contributed by atoms with Gasteiger partial charge in [0.25, 0.3) is 0 Å². The molecule has 1 aliphatic rings. The van der Waals surface area contributed by atoms with E-state index in [1.54, 1.807) is 0 Å². The van der Waals surface area contributed by atoms with Crippen LogP contribution in [0.1, 0.15) is 22.9 Å². The van der Waals surface area contributed by atoms with E-state index in [0.717, 1.165) is 78.0 Å². The number of benzene rings is 9. The molecule has 0 fully saturated rings. The topological polar surface area (TPSA) is 54.8 Å². The van der Waals surface area contributed by atoms with Crippen molar-refractivity contribution in [2.75, 3.05) is 0 Å². The van der Waals surface area contributed by atoms with E-state index < -0.39 is 0 Å². The van der Waals surface area contributed by atoms with Gasteiger partial charge in [-0.1, -0.05) is 164 Å². The minimum Gasteiger partial charge on any atom is -0.456 e. The summed E-state index contributed by atoms with van der Waals surface area (Å²) in [4.78, 5) is 10.4. The van der Waals surface area contributed by atoms with E-state index >= 15 is 0 Å². The highest BCUT2D eigenvalue weighted by Crippen LogP contribution is 2.42. The second-order valence-corrected chi connectivity index (χ2v) is 15.8. The molecule has 0 bridgehead atoms. The number of hydrogen-bond donors (Lipinski definition) is 1. The highest BCUT2D eigenvalue weighted by Gasteiger charge is 2.23. The van der Waals surface area contributed by atoms with Crippen LogP contribution in [-0.2, 0) is 0 Å². The van der Waals surface area contributed by atoms with Crippen molar-refractivity contribution < 1.29 is 4.42 Å². The lowest BCUT2D eigenvalue weighted by Crippen LogP contribution is -2.33. The van der Waals surface area contributed by atoms with Gasteiger partial charge in [-0.15, -0.1) is 0 Å². The minimum atomic E-state index is -0.343. The highest BCUT2D eigenvalue weighted by atomic mass is 16.3. The Hall–Kier alpha value is -8.28. The molecule has 5 nitrogen and oxygen atoms in total. The van der Waals surface area contributed by atoms with Crippen molar-refractivity contribution in [2.24, 2.45) is 9.98 Å². The molecule has 0 amide bonds. The van der Waals surface area contributed by atoms with E-state index in [-0.39, 0.29) is 6.17 Å². The van der Waals surface area contributed by atoms with Gasteiger partial charge in [0.1, 0.15) is 23.2 Å². The first-order chi connectivity index (χ1) is 30.7. The number of fused-ring (bicyclic) bond motifs is 6. The lowest BCUT2D eigenvalue weighted by Gasteiger charge is -2.24. The Balaban J connectivity index is 0.962. The van der Waals surface area contributed by atoms with Gasteiger partial charge in [-0.2, -0.15) is 0 Å². The number of rotatable bonds is 7. The minimum absolute atomic E-state index is 0.343. The van der Waals surface area contributed by atoms with E-state index in [1.807, 2.05) is 24.3 Å². The quantitative estimate of drug-likeness (QED) is 0.175. The fourth-order valence-corrected chi connectivity index (χ4v) is 9.17. The molecular weight excluding hydrogens is 757 g/mol. The number of amidine groups is 2. The lowest BCUT2D eigenvalue weighted by atomic mass is 9.91. The summed E-state index contributed by atoms with van der Waals surface area (Å²) in [6, 6.07) is 76.9. The van der Waals surface area contributed by atoms with Gasteiger partial charge in [0.2, 0.25) is 0 Å². The van der Waals surface area contributed by atoms with Crippen LogP contribution in [0.4, 0.5) is 0 Å². The summed E-state index contributed by atoms with van der Waals surface area (Å²) in [7, 11) is 0. The van der Waals surface area contributed by atoms with Gasteiger partial charge in [0.05, 0.1) is 11.0 Å². The number of aliphatic imine (C=N–C) groups is 2. The number of para-hydroxylation sites is 2. The molecule has 0 spiro atoms. The van der Waals surface area contributed by atoms with Crippen molar-refractivity contribution in [1.29, 1.82) is 0 Å². The van der Waals surface area contributed by atoms with Crippen molar-refractivity contribution in [3.8, 4) is 39.1 Å². The first-order valence-corrected chi connectivity index (χ1v) is 21.0. The van der Waals surface area contributed by atoms with Gasteiger partial charge in [-0.05, 0) is 93.5 Å². The number of nitrogens with zero attached hydrogens (tertiary/aromatic N) is 3. The number of aromatic nitrogens is 1. The molecule has 1 N–H and O–H groups in total. The molecule has 0 saturated heterocycles. The van der Waals surface area contributed by atoms with E-state index in [1.165, 1.54) is 27.4 Å². The van der Waals surface area contributed by atoms with Crippen LogP contribution in [0.5, 0.6) is 0 Å². The van der Waals surface area contributed by atoms with Gasteiger partial charge >= 0.3 is 0 Å². The first kappa shape index (κ1) is 35.6. The third-order valence-electron chi connectivity index (χ3n) is 12.1. The maximum absolute atomic E-state index is 6.71. The van der Waals surface area contributed by atoms with Crippen molar-refractivity contribution >= 4 is 55.4 Å². The average Bonchev–Trinajstić information content (AvgIpc) is 3.90. The second kappa shape index (κ2) is 14.8.